The molecule has 1 aromatic carbocycles. The van der Waals surface area contributed by atoms with Gasteiger partial charge in [-0.1, -0.05) is 17.7 Å². The zero-order chi connectivity index (χ0) is 22.2. The van der Waals surface area contributed by atoms with Crippen molar-refractivity contribution >= 4 is 23.4 Å². The van der Waals surface area contributed by atoms with E-state index in [9.17, 15) is 14.0 Å². The van der Waals surface area contributed by atoms with E-state index in [0.29, 0.717) is 0 Å². The summed E-state index contributed by atoms with van der Waals surface area (Å²) in [5, 5.41) is 2.73. The van der Waals surface area contributed by atoms with Gasteiger partial charge in [-0.2, -0.15) is 0 Å². The van der Waals surface area contributed by atoms with Crippen LogP contribution in [0.25, 0.3) is 0 Å². The number of rotatable bonds is 8. The average Bonchev–Trinajstić information content (AvgIpc) is 2.78. The molecule has 0 saturated carbocycles. The summed E-state index contributed by atoms with van der Waals surface area (Å²) in [6.45, 7) is 3.09. The smallest absolute Gasteiger partial charge is 0.252 e. The lowest BCUT2D eigenvalue weighted by molar-refractivity contribution is -0.132. The number of benzene rings is 1. The summed E-state index contributed by atoms with van der Waals surface area (Å²) in [4.78, 5) is 33.3. The molecule has 1 N–H and O–H groups in total. The monoisotopic (exact) mass is 446 g/mol. The number of carbonyl (C=O) groups excluding carboxylic acids is 2. The highest BCUT2D eigenvalue weighted by atomic mass is 35.5. The van der Waals surface area contributed by atoms with Crippen LogP contribution in [0, 0.1) is 5.82 Å². The van der Waals surface area contributed by atoms with Crippen molar-refractivity contribution in [2.75, 3.05) is 33.2 Å². The maximum absolute atomic E-state index is 13.1. The predicted molar refractivity (Wildman–Crippen MR) is 119 cm³/mol. The molecule has 2 heterocycles. The molecule has 0 aliphatic carbocycles. The van der Waals surface area contributed by atoms with Crippen LogP contribution in [-0.2, 0) is 11.2 Å². The van der Waals surface area contributed by atoms with Gasteiger partial charge in [0.15, 0.2) is 0 Å². The molecule has 1 aliphatic rings. The van der Waals surface area contributed by atoms with E-state index in [-0.39, 0.29) is 35.5 Å². The van der Waals surface area contributed by atoms with Crippen molar-refractivity contribution in [1.29, 1.82) is 0 Å². The largest absolute Gasteiger partial charge is 0.351 e. The molecular weight excluding hydrogens is 419 g/mol. The lowest BCUT2D eigenvalue weighted by Gasteiger charge is -2.36. The molecule has 6 nitrogen and oxygen atoms in total. The van der Waals surface area contributed by atoms with Crippen molar-refractivity contribution in [3.8, 4) is 0 Å². The molecule has 0 unspecified atom stereocenters. The second-order valence-corrected chi connectivity index (χ2v) is 8.19. The van der Waals surface area contributed by atoms with Crippen LogP contribution in [0.15, 0.2) is 42.6 Å². The first-order valence-corrected chi connectivity index (χ1v) is 10.9. The van der Waals surface area contributed by atoms with E-state index < -0.39 is 11.7 Å². The molecule has 1 saturated heterocycles. The zero-order valence-electron chi connectivity index (χ0n) is 17.7. The van der Waals surface area contributed by atoms with Crippen molar-refractivity contribution in [3.63, 3.8) is 0 Å². The maximum Gasteiger partial charge on any atom is 0.252 e. The van der Waals surface area contributed by atoms with Crippen molar-refractivity contribution in [2.24, 2.45) is 0 Å². The third-order valence-corrected chi connectivity index (χ3v) is 6.02. The summed E-state index contributed by atoms with van der Waals surface area (Å²) in [5.41, 5.74) is 1.29. The molecule has 166 valence electrons. The molecule has 1 aromatic heterocycles. The van der Waals surface area contributed by atoms with Gasteiger partial charge in [0.1, 0.15) is 5.82 Å². The van der Waals surface area contributed by atoms with E-state index in [0.717, 1.165) is 50.7 Å². The fraction of sp³-hybridized carbons (Fsp3) is 0.435. The number of likely N-dealkylation sites (tertiary alicyclic amines) is 1. The van der Waals surface area contributed by atoms with Crippen molar-refractivity contribution in [3.05, 3.63) is 64.7 Å². The highest BCUT2D eigenvalue weighted by Crippen LogP contribution is 2.18. The molecule has 0 atom stereocenters. The molecule has 0 spiro atoms. The van der Waals surface area contributed by atoms with Gasteiger partial charge >= 0.3 is 0 Å². The van der Waals surface area contributed by atoms with Gasteiger partial charge < -0.3 is 15.1 Å². The number of pyridine rings is 1. The van der Waals surface area contributed by atoms with Gasteiger partial charge in [-0.05, 0) is 43.2 Å². The zero-order valence-corrected chi connectivity index (χ0v) is 18.4. The average molecular weight is 447 g/mol. The van der Waals surface area contributed by atoms with Crippen LogP contribution in [-0.4, -0.2) is 65.9 Å². The van der Waals surface area contributed by atoms with E-state index in [1.54, 1.807) is 4.90 Å². The van der Waals surface area contributed by atoms with Gasteiger partial charge in [0.25, 0.3) is 5.91 Å². The highest BCUT2D eigenvalue weighted by molar-refractivity contribution is 6.33. The summed E-state index contributed by atoms with van der Waals surface area (Å²) in [7, 11) is 1.83. The standard InChI is InChI=1S/C23H28ClFN4O2/c1-28(19-9-14-29(15-10-19)13-8-18-4-2-3-11-26-18)22(30)7-12-27-23(31)20-6-5-17(25)16-21(20)24/h2-6,11,16,19H,7-10,12-15H2,1H3,(H,27,31). The lowest BCUT2D eigenvalue weighted by atomic mass is 10.0. The number of amides is 2. The minimum Gasteiger partial charge on any atom is -0.351 e. The highest BCUT2D eigenvalue weighted by Gasteiger charge is 2.25. The Bertz CT molecular complexity index is 888. The van der Waals surface area contributed by atoms with Crippen LogP contribution < -0.4 is 5.32 Å². The van der Waals surface area contributed by atoms with Crippen molar-refractivity contribution in [1.82, 2.24) is 20.1 Å². The van der Waals surface area contributed by atoms with Crippen LogP contribution in [0.4, 0.5) is 4.39 Å². The summed E-state index contributed by atoms with van der Waals surface area (Å²) in [6, 6.07) is 9.79. The minimum absolute atomic E-state index is 0.00237. The SMILES string of the molecule is CN(C(=O)CCNC(=O)c1ccc(F)cc1Cl)C1CCN(CCc2ccccn2)CC1. The number of hydrogen-bond acceptors (Lipinski definition) is 4. The number of aromatic nitrogens is 1. The van der Waals surface area contributed by atoms with Crippen molar-refractivity contribution < 1.29 is 14.0 Å². The van der Waals surface area contributed by atoms with Gasteiger partial charge in [0.05, 0.1) is 10.6 Å². The Hall–Kier alpha value is -2.51. The molecule has 1 aliphatic heterocycles. The molecule has 2 aromatic rings. The minimum atomic E-state index is -0.499. The second-order valence-electron chi connectivity index (χ2n) is 7.78. The second kappa shape index (κ2) is 11.2. The Morgan fingerprint density at radius 2 is 2.03 bits per heavy atom. The Morgan fingerprint density at radius 1 is 1.26 bits per heavy atom. The summed E-state index contributed by atoms with van der Waals surface area (Å²) >= 11 is 5.90. The van der Waals surface area contributed by atoms with E-state index in [2.05, 4.69) is 15.2 Å². The van der Waals surface area contributed by atoms with Gasteiger partial charge in [0.2, 0.25) is 5.91 Å². The first-order chi connectivity index (χ1) is 14.9. The van der Waals surface area contributed by atoms with Crippen LogP contribution in [0.3, 0.4) is 0 Å². The lowest BCUT2D eigenvalue weighted by Crippen LogP contribution is -2.46. The van der Waals surface area contributed by atoms with E-state index in [1.165, 1.54) is 12.1 Å². The predicted octanol–water partition coefficient (Wildman–Crippen LogP) is 3.16. The fourth-order valence-corrected chi connectivity index (χ4v) is 4.03. The van der Waals surface area contributed by atoms with Crippen LogP contribution >= 0.6 is 11.6 Å². The summed E-state index contributed by atoms with van der Waals surface area (Å²) in [6.07, 6.45) is 4.82. The molecular formula is C23H28ClFN4O2. The molecule has 2 amide bonds. The van der Waals surface area contributed by atoms with Gasteiger partial charge in [-0.15, -0.1) is 0 Å². The maximum atomic E-state index is 13.1. The van der Waals surface area contributed by atoms with Gasteiger partial charge in [-0.3, -0.25) is 14.6 Å². The molecule has 0 bridgehead atoms. The number of nitrogens with zero attached hydrogens (tertiary/aromatic N) is 3. The van der Waals surface area contributed by atoms with E-state index >= 15 is 0 Å². The molecule has 1 fully saturated rings. The first kappa shape index (κ1) is 23.2. The van der Waals surface area contributed by atoms with Crippen LogP contribution in [0.1, 0.15) is 35.3 Å². The van der Waals surface area contributed by atoms with E-state index in [4.69, 9.17) is 11.6 Å². The number of halogens is 2. The van der Waals surface area contributed by atoms with Crippen LogP contribution in [0.2, 0.25) is 5.02 Å². The molecule has 0 radical (unpaired) electrons. The molecule has 8 heteroatoms. The quantitative estimate of drug-likeness (QED) is 0.676. The molecule has 3 rings (SSSR count). The Morgan fingerprint density at radius 3 is 2.71 bits per heavy atom. The van der Waals surface area contributed by atoms with E-state index in [1.807, 2.05) is 31.4 Å². The summed E-state index contributed by atoms with van der Waals surface area (Å²) in [5.74, 6) is -0.916. The Labute approximate surface area is 187 Å². The normalized spacial score (nSPS) is 14.9. The Kier molecular flexibility index (Phi) is 8.37. The van der Waals surface area contributed by atoms with Crippen LogP contribution in [0.5, 0.6) is 0 Å². The Balaban J connectivity index is 1.37. The third-order valence-electron chi connectivity index (χ3n) is 5.71. The van der Waals surface area contributed by atoms with Crippen molar-refractivity contribution in [2.45, 2.75) is 31.7 Å². The third kappa shape index (κ3) is 6.74. The molecule has 31 heavy (non-hydrogen) atoms. The number of hydrogen-bond donors (Lipinski definition) is 1. The van der Waals surface area contributed by atoms with Gasteiger partial charge in [0, 0.05) is 64.0 Å². The number of nitrogens with one attached hydrogen (secondary N) is 1. The number of piperidine rings is 1. The van der Waals surface area contributed by atoms with Gasteiger partial charge in [-0.25, -0.2) is 4.39 Å². The fourth-order valence-electron chi connectivity index (χ4n) is 3.78. The topological polar surface area (TPSA) is 65.5 Å². The number of carbonyl (C=O) groups is 2. The summed E-state index contributed by atoms with van der Waals surface area (Å²) < 4.78 is 13.1. The first-order valence-electron chi connectivity index (χ1n) is 10.5.